The Bertz CT molecular complexity index is 857. The predicted octanol–water partition coefficient (Wildman–Crippen LogP) is 0.373. The highest BCUT2D eigenvalue weighted by atomic mass is 16.4. The number of carboxylic acids is 1. The van der Waals surface area contributed by atoms with Crippen molar-refractivity contribution in [1.82, 2.24) is 15.5 Å². The number of nitrogens with zero attached hydrogens (tertiary/aromatic N) is 1. The maximum absolute atomic E-state index is 13.0. The number of aliphatic carboxylic acids is 1. The zero-order chi connectivity index (χ0) is 24.7. The summed E-state index contributed by atoms with van der Waals surface area (Å²) in [5, 5.41) is 23.9. The van der Waals surface area contributed by atoms with Gasteiger partial charge in [-0.05, 0) is 56.2 Å². The first-order chi connectivity index (χ1) is 15.5. The van der Waals surface area contributed by atoms with Gasteiger partial charge in [0.15, 0.2) is 0 Å². The highest BCUT2D eigenvalue weighted by molar-refractivity contribution is 5.94. The topological polar surface area (TPSA) is 162 Å². The average Bonchev–Trinajstić information content (AvgIpc) is 3.23. The van der Waals surface area contributed by atoms with Crippen LogP contribution in [0.4, 0.5) is 0 Å². The van der Waals surface area contributed by atoms with E-state index in [-0.39, 0.29) is 24.5 Å². The largest absolute Gasteiger partial charge is 0.508 e. The number of carboxylic acid groups (broad SMARTS) is 1. The standard InChI is InChI=1S/C23H34N4O6/c1-13(2)11-18(23(32)33)26-21(30)19-5-4-10-27(19)22(31)14(3)25-20(29)17(24)12-15-6-8-16(28)9-7-15/h6-9,13-14,17-19,28H,4-5,10-12,24H2,1-3H3,(H,25,29)(H,26,30)(H,32,33). The molecule has 6 N–H and O–H groups in total. The molecule has 182 valence electrons. The number of likely N-dealkylation sites (tertiary alicyclic amines) is 1. The van der Waals surface area contributed by atoms with Gasteiger partial charge >= 0.3 is 5.97 Å². The van der Waals surface area contributed by atoms with Gasteiger partial charge in [0.2, 0.25) is 17.7 Å². The Morgan fingerprint density at radius 2 is 1.76 bits per heavy atom. The molecular weight excluding hydrogens is 428 g/mol. The number of phenols is 1. The third-order valence-corrected chi connectivity index (χ3v) is 5.62. The lowest BCUT2D eigenvalue weighted by atomic mass is 10.0. The lowest BCUT2D eigenvalue weighted by molar-refractivity contribution is -0.145. The number of aromatic hydroxyl groups is 1. The Morgan fingerprint density at radius 1 is 1.12 bits per heavy atom. The number of carbonyl (C=O) groups excluding carboxylic acids is 3. The molecule has 0 saturated carbocycles. The van der Waals surface area contributed by atoms with Gasteiger partial charge in [-0.15, -0.1) is 0 Å². The second kappa shape index (κ2) is 11.6. The molecule has 1 aromatic rings. The summed E-state index contributed by atoms with van der Waals surface area (Å²) in [4.78, 5) is 51.0. The number of amides is 3. The first-order valence-electron chi connectivity index (χ1n) is 11.2. The van der Waals surface area contributed by atoms with Gasteiger partial charge in [0.1, 0.15) is 23.9 Å². The first kappa shape index (κ1) is 26.1. The van der Waals surface area contributed by atoms with Crippen molar-refractivity contribution in [1.29, 1.82) is 0 Å². The molecule has 1 saturated heterocycles. The van der Waals surface area contributed by atoms with E-state index >= 15 is 0 Å². The average molecular weight is 463 g/mol. The van der Waals surface area contributed by atoms with Crippen LogP contribution in [0, 0.1) is 5.92 Å². The fourth-order valence-corrected chi connectivity index (χ4v) is 3.87. The van der Waals surface area contributed by atoms with E-state index in [2.05, 4.69) is 10.6 Å². The summed E-state index contributed by atoms with van der Waals surface area (Å²) in [5.41, 5.74) is 6.73. The van der Waals surface area contributed by atoms with Crippen molar-refractivity contribution in [3.8, 4) is 5.75 Å². The maximum Gasteiger partial charge on any atom is 0.326 e. The molecule has 0 aromatic heterocycles. The number of benzene rings is 1. The molecule has 10 heteroatoms. The summed E-state index contributed by atoms with van der Waals surface area (Å²) in [7, 11) is 0. The van der Waals surface area contributed by atoms with Crippen molar-refractivity contribution >= 4 is 23.7 Å². The Balaban J connectivity index is 1.95. The monoisotopic (exact) mass is 462 g/mol. The number of hydrogen-bond acceptors (Lipinski definition) is 6. The molecule has 4 unspecified atom stereocenters. The smallest absolute Gasteiger partial charge is 0.326 e. The van der Waals surface area contributed by atoms with Crippen LogP contribution in [0.2, 0.25) is 0 Å². The minimum atomic E-state index is -1.11. The van der Waals surface area contributed by atoms with Crippen molar-refractivity contribution in [2.45, 2.75) is 70.6 Å². The van der Waals surface area contributed by atoms with Gasteiger partial charge in [-0.25, -0.2) is 4.79 Å². The number of nitrogens with one attached hydrogen (secondary N) is 2. The Kier molecular flexibility index (Phi) is 9.22. The van der Waals surface area contributed by atoms with Gasteiger partial charge in [-0.3, -0.25) is 14.4 Å². The number of hydrogen-bond donors (Lipinski definition) is 5. The molecule has 1 aliphatic rings. The quantitative estimate of drug-likeness (QED) is 0.335. The second-order valence-electron chi connectivity index (χ2n) is 8.93. The van der Waals surface area contributed by atoms with E-state index in [4.69, 9.17) is 5.73 Å². The van der Waals surface area contributed by atoms with Crippen LogP contribution in [-0.4, -0.2) is 69.5 Å². The zero-order valence-corrected chi connectivity index (χ0v) is 19.3. The van der Waals surface area contributed by atoms with E-state index in [1.54, 1.807) is 12.1 Å². The summed E-state index contributed by atoms with van der Waals surface area (Å²) in [6.45, 7) is 5.60. The number of rotatable bonds is 10. The van der Waals surface area contributed by atoms with E-state index in [0.29, 0.717) is 19.4 Å². The molecule has 3 amide bonds. The summed E-state index contributed by atoms with van der Waals surface area (Å²) in [5.74, 6) is -2.36. The molecule has 33 heavy (non-hydrogen) atoms. The number of phenolic OH excluding ortho intramolecular Hbond substituents is 1. The first-order valence-corrected chi connectivity index (χ1v) is 11.2. The third-order valence-electron chi connectivity index (χ3n) is 5.62. The van der Waals surface area contributed by atoms with Crippen molar-refractivity contribution in [2.24, 2.45) is 11.7 Å². The Labute approximate surface area is 193 Å². The highest BCUT2D eigenvalue weighted by Gasteiger charge is 2.38. The fourth-order valence-electron chi connectivity index (χ4n) is 3.87. The zero-order valence-electron chi connectivity index (χ0n) is 19.3. The molecule has 0 radical (unpaired) electrons. The van der Waals surface area contributed by atoms with Gasteiger partial charge in [0.25, 0.3) is 0 Å². The van der Waals surface area contributed by atoms with Crippen LogP contribution in [0.25, 0.3) is 0 Å². The molecule has 1 aromatic carbocycles. The molecule has 1 fully saturated rings. The van der Waals surface area contributed by atoms with Gasteiger partial charge < -0.3 is 31.5 Å². The van der Waals surface area contributed by atoms with E-state index in [1.165, 1.54) is 24.0 Å². The molecule has 1 heterocycles. The summed E-state index contributed by atoms with van der Waals surface area (Å²) in [6.07, 6.45) is 1.54. The minimum absolute atomic E-state index is 0.0775. The van der Waals surface area contributed by atoms with E-state index in [1.807, 2.05) is 13.8 Å². The third kappa shape index (κ3) is 7.45. The normalized spacial score (nSPS) is 18.5. The predicted molar refractivity (Wildman–Crippen MR) is 121 cm³/mol. The van der Waals surface area contributed by atoms with Crippen LogP contribution in [-0.2, 0) is 25.6 Å². The van der Waals surface area contributed by atoms with Crippen LogP contribution in [0.3, 0.4) is 0 Å². The lowest BCUT2D eigenvalue weighted by Gasteiger charge is -2.28. The molecular formula is C23H34N4O6. The SMILES string of the molecule is CC(C)CC(NC(=O)C1CCCN1C(=O)C(C)NC(=O)C(N)Cc1ccc(O)cc1)C(=O)O. The molecule has 0 aliphatic carbocycles. The summed E-state index contributed by atoms with van der Waals surface area (Å²) >= 11 is 0. The molecule has 2 rings (SSSR count). The lowest BCUT2D eigenvalue weighted by Crippen LogP contribution is -2.56. The van der Waals surface area contributed by atoms with Crippen LogP contribution in [0.15, 0.2) is 24.3 Å². The van der Waals surface area contributed by atoms with Crippen LogP contribution in [0.5, 0.6) is 5.75 Å². The summed E-state index contributed by atoms with van der Waals surface area (Å²) in [6, 6.07) is 2.73. The maximum atomic E-state index is 13.0. The van der Waals surface area contributed by atoms with Crippen LogP contribution in [0.1, 0.15) is 45.6 Å². The molecule has 1 aliphatic heterocycles. The highest BCUT2D eigenvalue weighted by Crippen LogP contribution is 2.19. The Hall–Kier alpha value is -3.14. The Morgan fingerprint density at radius 3 is 2.33 bits per heavy atom. The van der Waals surface area contributed by atoms with Gasteiger partial charge in [0, 0.05) is 6.54 Å². The van der Waals surface area contributed by atoms with E-state index in [9.17, 15) is 29.4 Å². The van der Waals surface area contributed by atoms with Gasteiger partial charge in [0.05, 0.1) is 6.04 Å². The van der Waals surface area contributed by atoms with E-state index in [0.717, 1.165) is 5.56 Å². The van der Waals surface area contributed by atoms with Crippen LogP contribution >= 0.6 is 0 Å². The van der Waals surface area contributed by atoms with Gasteiger partial charge in [-0.1, -0.05) is 26.0 Å². The number of nitrogens with two attached hydrogens (primary N) is 1. The molecule has 10 nitrogen and oxygen atoms in total. The van der Waals surface area contributed by atoms with E-state index < -0.39 is 47.9 Å². The molecule has 0 bridgehead atoms. The van der Waals surface area contributed by atoms with Crippen molar-refractivity contribution in [3.63, 3.8) is 0 Å². The molecule has 4 atom stereocenters. The van der Waals surface area contributed by atoms with Gasteiger partial charge in [-0.2, -0.15) is 0 Å². The van der Waals surface area contributed by atoms with Crippen molar-refractivity contribution in [2.75, 3.05) is 6.54 Å². The number of carbonyl (C=O) groups is 4. The fraction of sp³-hybridized carbons (Fsp3) is 0.565. The minimum Gasteiger partial charge on any atom is -0.508 e. The second-order valence-corrected chi connectivity index (χ2v) is 8.93. The van der Waals surface area contributed by atoms with Crippen LogP contribution < -0.4 is 16.4 Å². The molecule has 0 spiro atoms. The van der Waals surface area contributed by atoms with Crippen molar-refractivity contribution < 1.29 is 29.4 Å². The summed E-state index contributed by atoms with van der Waals surface area (Å²) < 4.78 is 0. The van der Waals surface area contributed by atoms with Crippen molar-refractivity contribution in [3.05, 3.63) is 29.8 Å².